The number of esters is 1. The molecule has 0 heterocycles. The average molecular weight is 219 g/mol. The molecule has 0 fully saturated rings. The summed E-state index contributed by atoms with van der Waals surface area (Å²) in [6, 6.07) is 0. The maximum absolute atomic E-state index is 11.2. The number of nitrogens with one attached hydrogen (secondary N) is 1. The Morgan fingerprint density at radius 3 is 2.40 bits per heavy atom. The lowest BCUT2D eigenvalue weighted by Crippen LogP contribution is -2.51. The van der Waals surface area contributed by atoms with Gasteiger partial charge in [0.1, 0.15) is 0 Å². The second-order valence-corrected chi connectivity index (χ2v) is 3.91. The van der Waals surface area contributed by atoms with Crippen molar-refractivity contribution in [3.63, 3.8) is 0 Å². The van der Waals surface area contributed by atoms with E-state index < -0.39 is 5.54 Å². The van der Waals surface area contributed by atoms with Gasteiger partial charge in [0.2, 0.25) is 0 Å². The molecule has 0 spiro atoms. The van der Waals surface area contributed by atoms with E-state index in [1.807, 2.05) is 0 Å². The van der Waals surface area contributed by atoms with Crippen LogP contribution in [-0.4, -0.2) is 48.1 Å². The van der Waals surface area contributed by atoms with Crippen molar-refractivity contribution in [2.75, 3.05) is 26.4 Å². The summed E-state index contributed by atoms with van der Waals surface area (Å²) in [4.78, 5) is 11.2. The number of hydrogen-bond acceptors (Lipinski definition) is 5. The minimum absolute atomic E-state index is 0.182. The Hall–Kier alpha value is -0.650. The Morgan fingerprint density at radius 1 is 1.47 bits per heavy atom. The van der Waals surface area contributed by atoms with Gasteiger partial charge in [-0.25, -0.2) is 0 Å². The van der Waals surface area contributed by atoms with E-state index in [9.17, 15) is 4.79 Å². The zero-order valence-electron chi connectivity index (χ0n) is 9.62. The van der Waals surface area contributed by atoms with Crippen molar-refractivity contribution in [2.24, 2.45) is 5.92 Å². The van der Waals surface area contributed by atoms with Crippen molar-refractivity contribution in [3.8, 4) is 0 Å². The first-order chi connectivity index (χ1) is 6.99. The number of carbonyl (C=O) groups excluding carboxylic acids is 1. The summed E-state index contributed by atoms with van der Waals surface area (Å²) in [5, 5.41) is 20.9. The van der Waals surface area contributed by atoms with Gasteiger partial charge in [-0.1, -0.05) is 6.92 Å². The fourth-order valence-corrected chi connectivity index (χ4v) is 0.929. The SMILES string of the molecule is CCOC(=O)C(C)CNC(C)(CO)CO. The van der Waals surface area contributed by atoms with Crippen molar-refractivity contribution in [1.29, 1.82) is 0 Å². The summed E-state index contributed by atoms with van der Waals surface area (Å²) in [6.45, 7) is 5.55. The van der Waals surface area contributed by atoms with Gasteiger partial charge in [0.05, 0.1) is 31.3 Å². The molecule has 0 aliphatic carbocycles. The molecule has 0 aromatic heterocycles. The Morgan fingerprint density at radius 2 is 2.00 bits per heavy atom. The van der Waals surface area contributed by atoms with Crippen LogP contribution < -0.4 is 5.32 Å². The molecule has 0 saturated carbocycles. The van der Waals surface area contributed by atoms with Gasteiger partial charge in [-0.2, -0.15) is 0 Å². The lowest BCUT2D eigenvalue weighted by Gasteiger charge is -2.27. The van der Waals surface area contributed by atoms with Gasteiger partial charge in [-0.3, -0.25) is 4.79 Å². The molecule has 0 aliphatic heterocycles. The fourth-order valence-electron chi connectivity index (χ4n) is 0.929. The minimum atomic E-state index is -0.749. The molecule has 0 radical (unpaired) electrons. The zero-order chi connectivity index (χ0) is 11.9. The summed E-state index contributed by atoms with van der Waals surface area (Å²) in [6.07, 6.45) is 0. The van der Waals surface area contributed by atoms with Crippen LogP contribution in [0.3, 0.4) is 0 Å². The number of ether oxygens (including phenoxy) is 1. The van der Waals surface area contributed by atoms with E-state index in [-0.39, 0.29) is 25.1 Å². The highest BCUT2D eigenvalue weighted by atomic mass is 16.5. The van der Waals surface area contributed by atoms with Crippen molar-refractivity contribution < 1.29 is 19.7 Å². The molecule has 1 atom stereocenters. The molecule has 0 aliphatic rings. The molecule has 1 unspecified atom stereocenters. The monoisotopic (exact) mass is 219 g/mol. The van der Waals surface area contributed by atoms with Crippen LogP contribution in [-0.2, 0) is 9.53 Å². The van der Waals surface area contributed by atoms with Crippen LogP contribution in [0, 0.1) is 5.92 Å². The van der Waals surface area contributed by atoms with Crippen LogP contribution in [0.15, 0.2) is 0 Å². The Kier molecular flexibility index (Phi) is 6.47. The van der Waals surface area contributed by atoms with Crippen molar-refractivity contribution in [1.82, 2.24) is 5.32 Å². The molecule has 0 aromatic rings. The van der Waals surface area contributed by atoms with E-state index in [0.29, 0.717) is 13.2 Å². The zero-order valence-corrected chi connectivity index (χ0v) is 9.62. The van der Waals surface area contributed by atoms with Gasteiger partial charge in [0, 0.05) is 6.54 Å². The quantitative estimate of drug-likeness (QED) is 0.504. The van der Waals surface area contributed by atoms with Gasteiger partial charge < -0.3 is 20.3 Å². The van der Waals surface area contributed by atoms with Crippen LogP contribution in [0.2, 0.25) is 0 Å². The first-order valence-electron chi connectivity index (χ1n) is 5.12. The van der Waals surface area contributed by atoms with Gasteiger partial charge >= 0.3 is 5.97 Å². The highest BCUT2D eigenvalue weighted by Crippen LogP contribution is 2.04. The Labute approximate surface area is 90.4 Å². The van der Waals surface area contributed by atoms with Gasteiger partial charge in [-0.05, 0) is 13.8 Å². The lowest BCUT2D eigenvalue weighted by atomic mass is 10.0. The minimum Gasteiger partial charge on any atom is -0.466 e. The van der Waals surface area contributed by atoms with Gasteiger partial charge in [0.25, 0.3) is 0 Å². The van der Waals surface area contributed by atoms with E-state index in [1.54, 1.807) is 20.8 Å². The molecule has 3 N–H and O–H groups in total. The van der Waals surface area contributed by atoms with Crippen LogP contribution in [0.25, 0.3) is 0 Å². The van der Waals surface area contributed by atoms with Crippen LogP contribution in [0.5, 0.6) is 0 Å². The summed E-state index contributed by atoms with van der Waals surface area (Å²) < 4.78 is 4.83. The predicted molar refractivity (Wildman–Crippen MR) is 56.4 cm³/mol. The molecule has 0 saturated heterocycles. The van der Waals surface area contributed by atoms with Gasteiger partial charge in [-0.15, -0.1) is 0 Å². The van der Waals surface area contributed by atoms with E-state index >= 15 is 0 Å². The molecule has 5 heteroatoms. The molecule has 5 nitrogen and oxygen atoms in total. The third kappa shape index (κ3) is 5.11. The smallest absolute Gasteiger partial charge is 0.309 e. The molecule has 0 aromatic carbocycles. The number of hydrogen-bond donors (Lipinski definition) is 3. The van der Waals surface area contributed by atoms with E-state index in [0.717, 1.165) is 0 Å². The molecular weight excluding hydrogens is 198 g/mol. The third-order valence-corrected chi connectivity index (χ3v) is 2.22. The van der Waals surface area contributed by atoms with E-state index in [4.69, 9.17) is 14.9 Å². The Balaban J connectivity index is 3.98. The Bertz CT molecular complexity index is 192. The average Bonchev–Trinajstić information content (AvgIpc) is 2.25. The van der Waals surface area contributed by atoms with E-state index in [2.05, 4.69) is 5.32 Å². The number of aliphatic hydroxyl groups is 2. The highest BCUT2D eigenvalue weighted by molar-refractivity contribution is 5.72. The standard InChI is InChI=1S/C10H21NO4/c1-4-15-9(14)8(2)5-11-10(3,6-12)7-13/h8,11-13H,4-7H2,1-3H3. The number of aliphatic hydroxyl groups excluding tert-OH is 2. The number of rotatable bonds is 7. The second kappa shape index (κ2) is 6.76. The largest absolute Gasteiger partial charge is 0.466 e. The molecule has 15 heavy (non-hydrogen) atoms. The maximum Gasteiger partial charge on any atom is 0.309 e. The lowest BCUT2D eigenvalue weighted by molar-refractivity contribution is -0.147. The number of carbonyl (C=O) groups is 1. The van der Waals surface area contributed by atoms with Crippen molar-refractivity contribution in [3.05, 3.63) is 0 Å². The first kappa shape index (κ1) is 14.3. The normalized spacial score (nSPS) is 13.7. The molecule has 90 valence electrons. The fraction of sp³-hybridized carbons (Fsp3) is 0.900. The predicted octanol–water partition coefficient (Wildman–Crippen LogP) is -0.481. The topological polar surface area (TPSA) is 78.8 Å². The first-order valence-corrected chi connectivity index (χ1v) is 5.12. The van der Waals surface area contributed by atoms with Gasteiger partial charge in [0.15, 0.2) is 0 Å². The molecule has 0 amide bonds. The van der Waals surface area contributed by atoms with Crippen LogP contribution in [0.1, 0.15) is 20.8 Å². The second-order valence-electron chi connectivity index (χ2n) is 3.91. The summed E-state index contributed by atoms with van der Waals surface area (Å²) in [5.41, 5.74) is -0.749. The summed E-state index contributed by atoms with van der Waals surface area (Å²) >= 11 is 0. The highest BCUT2D eigenvalue weighted by Gasteiger charge is 2.24. The maximum atomic E-state index is 11.2. The van der Waals surface area contributed by atoms with Crippen molar-refractivity contribution in [2.45, 2.75) is 26.3 Å². The molecular formula is C10H21NO4. The van der Waals surface area contributed by atoms with E-state index in [1.165, 1.54) is 0 Å². The summed E-state index contributed by atoms with van der Waals surface area (Å²) in [7, 11) is 0. The third-order valence-electron chi connectivity index (χ3n) is 2.22. The summed E-state index contributed by atoms with van der Waals surface area (Å²) in [5.74, 6) is -0.564. The van der Waals surface area contributed by atoms with Crippen LogP contribution in [0.4, 0.5) is 0 Å². The van der Waals surface area contributed by atoms with Crippen LogP contribution >= 0.6 is 0 Å². The molecule has 0 bridgehead atoms. The molecule has 0 rings (SSSR count). The van der Waals surface area contributed by atoms with Crippen molar-refractivity contribution >= 4 is 5.97 Å².